The summed E-state index contributed by atoms with van der Waals surface area (Å²) in [7, 11) is 3.35. The highest BCUT2D eigenvalue weighted by Crippen LogP contribution is 2.31. The van der Waals surface area contributed by atoms with E-state index in [0.717, 1.165) is 11.3 Å². The Labute approximate surface area is 177 Å². The highest BCUT2D eigenvalue weighted by Gasteiger charge is 2.33. The number of hydrogen-bond acceptors (Lipinski definition) is 5. The van der Waals surface area contributed by atoms with E-state index in [1.54, 1.807) is 19.1 Å². The van der Waals surface area contributed by atoms with Crippen LogP contribution in [-0.4, -0.2) is 49.3 Å². The summed E-state index contributed by atoms with van der Waals surface area (Å²) in [6, 6.07) is 6.94. The van der Waals surface area contributed by atoms with Crippen LogP contribution in [0.5, 0.6) is 0 Å². The number of rotatable bonds is 8. The Kier molecular flexibility index (Phi) is 8.16. The van der Waals surface area contributed by atoms with E-state index in [2.05, 4.69) is 10.6 Å². The molecule has 0 radical (unpaired) electrons. The molecule has 0 bridgehead atoms. The molecule has 2 rings (SSSR count). The van der Waals surface area contributed by atoms with Crippen LogP contribution in [0.1, 0.15) is 38.8 Å². The monoisotopic (exact) mass is 419 g/mol. The minimum absolute atomic E-state index is 0.0236. The van der Waals surface area contributed by atoms with Gasteiger partial charge in [-0.15, -0.1) is 0 Å². The van der Waals surface area contributed by atoms with E-state index < -0.39 is 12.0 Å². The molecule has 8 heteroatoms. The minimum Gasteiger partial charge on any atom is -0.460 e. The molecule has 29 heavy (non-hydrogen) atoms. The van der Waals surface area contributed by atoms with E-state index in [-0.39, 0.29) is 12.5 Å². The summed E-state index contributed by atoms with van der Waals surface area (Å²) in [5.74, 6) is -0.149. The minimum atomic E-state index is -0.436. The van der Waals surface area contributed by atoms with Crippen LogP contribution in [0, 0.1) is 5.92 Å². The number of nitrogens with zero attached hydrogens (tertiary/aromatic N) is 1. The van der Waals surface area contributed by atoms with Crippen molar-refractivity contribution in [3.05, 3.63) is 41.1 Å². The molecular weight excluding hydrogens is 390 g/mol. The maximum atomic E-state index is 12.7. The largest absolute Gasteiger partial charge is 0.460 e. The fourth-order valence-corrected chi connectivity index (χ4v) is 3.24. The normalized spacial score (nSPS) is 16.7. The number of nitrogens with one attached hydrogen (secondary N) is 2. The van der Waals surface area contributed by atoms with Crippen LogP contribution in [0.15, 0.2) is 35.5 Å². The van der Waals surface area contributed by atoms with Crippen molar-refractivity contribution in [3.63, 3.8) is 0 Å². The standard InChI is InChI=1S/C21H29N3O4S/c1-13(2)12-17(25)22-16-8-6-15(7-9-16)19-18(20(26)28-11-10-27-5)14(3)24(4)21(29)23-19/h6-9,13,19H,10-12H2,1-5H3,(H,22,25)(H,23,29). The van der Waals surface area contributed by atoms with Gasteiger partial charge in [0.25, 0.3) is 0 Å². The Morgan fingerprint density at radius 2 is 1.90 bits per heavy atom. The molecule has 0 aromatic heterocycles. The molecule has 1 amide bonds. The highest BCUT2D eigenvalue weighted by atomic mass is 32.1. The van der Waals surface area contributed by atoms with Crippen LogP contribution in [0.2, 0.25) is 0 Å². The topological polar surface area (TPSA) is 79.9 Å². The Morgan fingerprint density at radius 3 is 2.48 bits per heavy atom. The number of esters is 1. The summed E-state index contributed by atoms with van der Waals surface area (Å²) in [5.41, 5.74) is 2.78. The van der Waals surface area contributed by atoms with Gasteiger partial charge in [0.1, 0.15) is 6.61 Å². The van der Waals surface area contributed by atoms with Crippen molar-refractivity contribution in [2.24, 2.45) is 5.92 Å². The third-order valence-corrected chi connectivity index (χ3v) is 5.01. The fraction of sp³-hybridized carbons (Fsp3) is 0.476. The Balaban J connectivity index is 2.24. The van der Waals surface area contributed by atoms with Crippen molar-refractivity contribution >= 4 is 34.9 Å². The number of methoxy groups -OCH3 is 1. The molecule has 7 nitrogen and oxygen atoms in total. The summed E-state index contributed by atoms with van der Waals surface area (Å²) in [6.45, 7) is 6.34. The van der Waals surface area contributed by atoms with Crippen molar-refractivity contribution in [1.82, 2.24) is 10.2 Å². The Hall–Kier alpha value is -2.45. The van der Waals surface area contributed by atoms with E-state index in [9.17, 15) is 9.59 Å². The molecule has 0 fully saturated rings. The van der Waals surface area contributed by atoms with Crippen LogP contribution in [0.4, 0.5) is 5.69 Å². The average Bonchev–Trinajstić information content (AvgIpc) is 2.66. The number of amides is 1. The SMILES string of the molecule is COCCOC(=O)C1=C(C)N(C)C(=S)NC1c1ccc(NC(=O)CC(C)C)cc1. The third-order valence-electron chi connectivity index (χ3n) is 4.62. The van der Waals surface area contributed by atoms with Gasteiger partial charge in [-0.1, -0.05) is 26.0 Å². The van der Waals surface area contributed by atoms with Gasteiger partial charge in [0.2, 0.25) is 5.91 Å². The number of ether oxygens (including phenoxy) is 2. The van der Waals surface area contributed by atoms with Crippen LogP contribution in [0.25, 0.3) is 0 Å². The number of thiocarbonyl (C=S) groups is 1. The van der Waals surface area contributed by atoms with Gasteiger partial charge in [0, 0.05) is 32.0 Å². The van der Waals surface area contributed by atoms with Crippen LogP contribution in [-0.2, 0) is 19.1 Å². The molecule has 1 heterocycles. The summed E-state index contributed by atoms with van der Waals surface area (Å²) < 4.78 is 10.3. The van der Waals surface area contributed by atoms with E-state index in [4.69, 9.17) is 21.7 Å². The molecule has 1 atom stereocenters. The predicted molar refractivity (Wildman–Crippen MR) is 116 cm³/mol. The second kappa shape index (κ2) is 10.4. The fourth-order valence-electron chi connectivity index (χ4n) is 2.99. The first kappa shape index (κ1) is 22.8. The zero-order valence-corrected chi connectivity index (χ0v) is 18.4. The Bertz CT molecular complexity index is 790. The van der Waals surface area contributed by atoms with E-state index in [1.807, 2.05) is 45.0 Å². The second-order valence-electron chi connectivity index (χ2n) is 7.34. The lowest BCUT2D eigenvalue weighted by Crippen LogP contribution is -2.46. The van der Waals surface area contributed by atoms with E-state index in [0.29, 0.717) is 35.3 Å². The summed E-state index contributed by atoms with van der Waals surface area (Å²) in [5, 5.41) is 6.61. The first-order valence-electron chi connectivity index (χ1n) is 9.55. The van der Waals surface area contributed by atoms with Gasteiger partial charge in [-0.3, -0.25) is 4.79 Å². The molecule has 1 aromatic rings. The molecule has 0 spiro atoms. The number of benzene rings is 1. The molecule has 1 aliphatic heterocycles. The first-order chi connectivity index (χ1) is 13.7. The zero-order valence-electron chi connectivity index (χ0n) is 17.6. The molecule has 0 saturated heterocycles. The number of hydrogen-bond donors (Lipinski definition) is 2. The lowest BCUT2D eigenvalue weighted by atomic mass is 9.95. The number of carbonyl (C=O) groups excluding carboxylic acids is 2. The van der Waals surface area contributed by atoms with Gasteiger partial charge in [-0.25, -0.2) is 4.79 Å². The lowest BCUT2D eigenvalue weighted by Gasteiger charge is -2.35. The van der Waals surface area contributed by atoms with Gasteiger partial charge in [-0.05, 0) is 42.8 Å². The number of allylic oxidation sites excluding steroid dienone is 1. The van der Waals surface area contributed by atoms with Crippen molar-refractivity contribution in [2.45, 2.75) is 33.2 Å². The predicted octanol–water partition coefficient (Wildman–Crippen LogP) is 3.00. The van der Waals surface area contributed by atoms with Gasteiger partial charge in [-0.2, -0.15) is 0 Å². The summed E-state index contributed by atoms with van der Waals surface area (Å²) in [6.07, 6.45) is 0.464. The van der Waals surface area contributed by atoms with Crippen molar-refractivity contribution in [3.8, 4) is 0 Å². The summed E-state index contributed by atoms with van der Waals surface area (Å²) in [4.78, 5) is 26.5. The van der Waals surface area contributed by atoms with Gasteiger partial charge < -0.3 is 25.0 Å². The molecular formula is C21H29N3O4S. The zero-order chi connectivity index (χ0) is 21.6. The molecule has 0 saturated carbocycles. The smallest absolute Gasteiger partial charge is 0.338 e. The molecule has 158 valence electrons. The Morgan fingerprint density at radius 1 is 1.24 bits per heavy atom. The molecule has 0 aliphatic carbocycles. The summed E-state index contributed by atoms with van der Waals surface area (Å²) >= 11 is 5.40. The van der Waals surface area contributed by atoms with Crippen LogP contribution < -0.4 is 10.6 Å². The highest BCUT2D eigenvalue weighted by molar-refractivity contribution is 7.80. The second-order valence-corrected chi connectivity index (χ2v) is 7.72. The van der Waals surface area contributed by atoms with Crippen molar-refractivity contribution in [1.29, 1.82) is 0 Å². The molecule has 1 aromatic carbocycles. The maximum absolute atomic E-state index is 12.7. The van der Waals surface area contributed by atoms with Crippen molar-refractivity contribution < 1.29 is 19.1 Å². The third kappa shape index (κ3) is 6.01. The quantitative estimate of drug-likeness (QED) is 0.381. The molecule has 1 unspecified atom stereocenters. The average molecular weight is 420 g/mol. The van der Waals surface area contributed by atoms with E-state index >= 15 is 0 Å². The van der Waals surface area contributed by atoms with Crippen molar-refractivity contribution in [2.75, 3.05) is 32.7 Å². The molecule has 2 N–H and O–H groups in total. The molecule has 1 aliphatic rings. The maximum Gasteiger partial charge on any atom is 0.338 e. The van der Waals surface area contributed by atoms with Gasteiger partial charge in [0.15, 0.2) is 5.11 Å². The van der Waals surface area contributed by atoms with Gasteiger partial charge >= 0.3 is 5.97 Å². The lowest BCUT2D eigenvalue weighted by molar-refractivity contribution is -0.140. The van der Waals surface area contributed by atoms with Gasteiger partial charge in [0.05, 0.1) is 18.2 Å². The van der Waals surface area contributed by atoms with Crippen LogP contribution in [0.3, 0.4) is 0 Å². The van der Waals surface area contributed by atoms with Crippen LogP contribution >= 0.6 is 12.2 Å². The first-order valence-corrected chi connectivity index (χ1v) is 9.96. The number of carbonyl (C=O) groups is 2. The van der Waals surface area contributed by atoms with E-state index in [1.165, 1.54) is 0 Å². The number of anilines is 1.